The predicted octanol–water partition coefficient (Wildman–Crippen LogP) is -0.406. The van der Waals surface area contributed by atoms with E-state index >= 15 is 0 Å². The highest BCUT2D eigenvalue weighted by Gasteiger charge is 2.89. The number of epoxide rings is 1. The summed E-state index contributed by atoms with van der Waals surface area (Å²) >= 11 is 0. The fraction of sp³-hybridized carbons (Fsp3) is 0.852. The van der Waals surface area contributed by atoms with Crippen LogP contribution < -0.4 is 0 Å². The van der Waals surface area contributed by atoms with Gasteiger partial charge in [-0.1, -0.05) is 52.8 Å². The van der Waals surface area contributed by atoms with E-state index < -0.39 is 168 Å². The molecule has 4 saturated heterocycles. The summed E-state index contributed by atoms with van der Waals surface area (Å²) < 4.78 is 49.7. The Hall–Kier alpha value is -2.36. The first kappa shape index (κ1) is 55.9. The Kier molecular flexibility index (Phi) is 14.5. The zero-order valence-electron chi connectivity index (χ0n) is 43.6. The number of hydrogen-bond acceptors (Lipinski definition) is 21. The van der Waals surface area contributed by atoms with Crippen LogP contribution in [-0.4, -0.2) is 210 Å². The third-order valence-electron chi connectivity index (χ3n) is 21.7. The van der Waals surface area contributed by atoms with Crippen molar-refractivity contribution in [2.24, 2.45) is 44.3 Å². The van der Waals surface area contributed by atoms with Crippen molar-refractivity contribution in [3.63, 3.8) is 0 Å². The van der Waals surface area contributed by atoms with Gasteiger partial charge in [0.15, 0.2) is 18.9 Å². The van der Waals surface area contributed by atoms with E-state index in [1.165, 1.54) is 0 Å². The fourth-order valence-corrected chi connectivity index (χ4v) is 16.9. The largest absolute Gasteiger partial charge is 0.458 e. The van der Waals surface area contributed by atoms with E-state index in [0.29, 0.717) is 50.5 Å². The number of benzene rings is 1. The van der Waals surface area contributed by atoms with E-state index in [9.17, 15) is 65.8 Å². The van der Waals surface area contributed by atoms with E-state index in [-0.39, 0.29) is 37.4 Å². The van der Waals surface area contributed by atoms with Crippen LogP contribution in [0.1, 0.15) is 110 Å². The van der Waals surface area contributed by atoms with E-state index in [1.54, 1.807) is 31.2 Å². The second kappa shape index (κ2) is 19.4. The lowest BCUT2D eigenvalue weighted by Crippen LogP contribution is -2.78. The van der Waals surface area contributed by atoms with Gasteiger partial charge in [-0.15, -0.1) is 0 Å². The maximum atomic E-state index is 13.6. The number of aldehydes is 1. The van der Waals surface area contributed by atoms with Gasteiger partial charge >= 0.3 is 5.97 Å². The molecule has 1 spiro atoms. The minimum absolute atomic E-state index is 0.0464. The standard InChI is InChI=1S/C54H80O21/c1-47(24-57)23-53(67)48(2,19-34(47)72-43(66)26-10-8-7-9-11-26)16-17-52(6)51(5)15-12-30-49(3,31(51)18-33-54(52,53)75-33)14-13-32(50(30,4)25-58)73-46-42(74-45-41(65)39(63)36(60)28(21-56)70-45)37(61)29(22-68-46)71-44-40(64)38(62)35(59)27(20-55)69-44/h7-11,24,27-42,44-46,55-56,58-65,67H,12-23,25H2,1-6H3. The van der Waals surface area contributed by atoms with Crippen LogP contribution in [0, 0.1) is 44.3 Å². The van der Waals surface area contributed by atoms with E-state index in [1.807, 2.05) is 13.0 Å². The number of hydrogen-bond donors (Lipinski definition) is 11. The van der Waals surface area contributed by atoms with Crippen molar-refractivity contribution in [3.05, 3.63) is 35.9 Å². The number of ether oxygens (including phenoxy) is 8. The molecule has 1 aromatic carbocycles. The second-order valence-electron chi connectivity index (χ2n) is 25.4. The van der Waals surface area contributed by atoms with Gasteiger partial charge in [0.25, 0.3) is 0 Å². The highest BCUT2D eigenvalue weighted by Crippen LogP contribution is 2.84. The highest BCUT2D eigenvalue weighted by molar-refractivity contribution is 5.89. The number of carbonyl (C=O) groups excluding carboxylic acids is 2. The molecule has 1 aromatic rings. The topological polar surface area (TPSA) is 334 Å². The van der Waals surface area contributed by atoms with Gasteiger partial charge in [-0.2, -0.15) is 0 Å². The van der Waals surface area contributed by atoms with Crippen LogP contribution in [0.2, 0.25) is 0 Å². The van der Waals surface area contributed by atoms with Crippen molar-refractivity contribution >= 4 is 12.3 Å². The molecular formula is C54H80O21. The molecule has 4 heterocycles. The molecule has 27 unspecified atom stereocenters. The summed E-state index contributed by atoms with van der Waals surface area (Å²) in [6, 6.07) is 8.68. The zero-order valence-corrected chi connectivity index (χ0v) is 43.6. The van der Waals surface area contributed by atoms with Crippen LogP contribution in [0.25, 0.3) is 0 Å². The Morgan fingerprint density at radius 1 is 0.707 bits per heavy atom. The Balaban J connectivity index is 0.901. The van der Waals surface area contributed by atoms with E-state index in [4.69, 9.17) is 37.9 Å². The van der Waals surface area contributed by atoms with Gasteiger partial charge in [-0.05, 0) is 99.5 Å². The van der Waals surface area contributed by atoms with Crippen molar-refractivity contribution in [2.45, 2.75) is 215 Å². The maximum absolute atomic E-state index is 13.6. The molecule has 0 aromatic heterocycles. The van der Waals surface area contributed by atoms with Crippen molar-refractivity contribution < 1.29 is 104 Å². The van der Waals surface area contributed by atoms with Gasteiger partial charge < -0.3 is 98.9 Å². The molecule has 21 nitrogen and oxygen atoms in total. The average molecular weight is 1070 g/mol. The quantitative estimate of drug-likeness (QED) is 0.0549. The summed E-state index contributed by atoms with van der Waals surface area (Å²) in [6.45, 7) is 10.4. The number of esters is 1. The van der Waals surface area contributed by atoms with Crippen molar-refractivity contribution in [1.29, 1.82) is 0 Å². The first-order valence-corrected chi connectivity index (χ1v) is 26.9. The molecule has 0 radical (unpaired) electrons. The average Bonchev–Trinajstić information content (AvgIpc) is 4.15. The first-order chi connectivity index (χ1) is 35.3. The molecule has 422 valence electrons. The van der Waals surface area contributed by atoms with Crippen LogP contribution >= 0.6 is 0 Å². The lowest BCUT2D eigenvalue weighted by molar-refractivity contribution is -0.383. The van der Waals surface area contributed by atoms with Crippen molar-refractivity contribution in [3.8, 4) is 0 Å². The summed E-state index contributed by atoms with van der Waals surface area (Å²) in [5.41, 5.74) is -6.32. The SMILES string of the molecule is CC1(C=O)CC2(O)C(C)(CCC3(C)C4(C)CCC5C(C)(CO)C(OC6OCC(OC7OC(CO)C(O)C(O)C7O)C(O)C6OC6OC(CO)C(O)C(O)C6O)CCC5(C)C4CC4OC432)CC1OC(=O)c1ccccc1. The molecule has 11 N–H and O–H groups in total. The van der Waals surface area contributed by atoms with Gasteiger partial charge in [0, 0.05) is 16.2 Å². The number of aliphatic hydroxyl groups excluding tert-OH is 10. The van der Waals surface area contributed by atoms with Gasteiger partial charge in [0.2, 0.25) is 0 Å². The smallest absolute Gasteiger partial charge is 0.338 e. The van der Waals surface area contributed by atoms with Crippen LogP contribution in [0.15, 0.2) is 30.3 Å². The summed E-state index contributed by atoms with van der Waals surface area (Å²) in [5.74, 6) is -0.619. The highest BCUT2D eigenvalue weighted by atomic mass is 16.8. The molecule has 9 fully saturated rings. The number of rotatable bonds is 12. The van der Waals surface area contributed by atoms with E-state index in [0.717, 1.165) is 6.29 Å². The number of fused-ring (bicyclic) bond motifs is 5. The third kappa shape index (κ3) is 8.06. The van der Waals surface area contributed by atoms with Crippen molar-refractivity contribution in [2.75, 3.05) is 26.4 Å². The lowest BCUT2D eigenvalue weighted by Gasteiger charge is -2.74. The lowest BCUT2D eigenvalue weighted by atomic mass is 9.30. The monoisotopic (exact) mass is 1060 g/mol. The Morgan fingerprint density at radius 3 is 1.93 bits per heavy atom. The maximum Gasteiger partial charge on any atom is 0.338 e. The predicted molar refractivity (Wildman–Crippen MR) is 256 cm³/mol. The Morgan fingerprint density at radius 2 is 1.33 bits per heavy atom. The molecule has 4 aliphatic heterocycles. The Bertz CT molecular complexity index is 2260. The fourth-order valence-electron chi connectivity index (χ4n) is 16.9. The van der Waals surface area contributed by atoms with Crippen LogP contribution in [-0.2, 0) is 42.7 Å². The molecular weight excluding hydrogens is 985 g/mol. The van der Waals surface area contributed by atoms with Gasteiger partial charge in [0.1, 0.15) is 90.7 Å². The second-order valence-corrected chi connectivity index (χ2v) is 25.4. The molecule has 9 aliphatic rings. The molecule has 0 amide bonds. The summed E-state index contributed by atoms with van der Waals surface area (Å²) in [6.07, 6.45) is -19.5. The molecule has 27 atom stereocenters. The summed E-state index contributed by atoms with van der Waals surface area (Å²) in [5, 5.41) is 121. The summed E-state index contributed by atoms with van der Waals surface area (Å²) in [4.78, 5) is 26.7. The molecule has 5 aliphatic carbocycles. The third-order valence-corrected chi connectivity index (χ3v) is 21.7. The normalized spacial score (nSPS) is 55.2. The molecule has 5 saturated carbocycles. The minimum Gasteiger partial charge on any atom is -0.458 e. The van der Waals surface area contributed by atoms with Crippen molar-refractivity contribution in [1.82, 2.24) is 0 Å². The van der Waals surface area contributed by atoms with Crippen LogP contribution in [0.4, 0.5) is 0 Å². The number of carbonyl (C=O) groups is 2. The molecule has 10 rings (SSSR count). The van der Waals surface area contributed by atoms with Crippen LogP contribution in [0.5, 0.6) is 0 Å². The molecule has 21 heteroatoms. The van der Waals surface area contributed by atoms with Crippen LogP contribution in [0.3, 0.4) is 0 Å². The van der Waals surface area contributed by atoms with Gasteiger partial charge in [-0.3, -0.25) is 0 Å². The van der Waals surface area contributed by atoms with E-state index in [2.05, 4.69) is 27.7 Å². The molecule has 0 bridgehead atoms. The van der Waals surface area contributed by atoms with Gasteiger partial charge in [-0.25, -0.2) is 4.79 Å². The first-order valence-electron chi connectivity index (χ1n) is 26.9. The number of aliphatic hydroxyl groups is 11. The van der Waals surface area contributed by atoms with Gasteiger partial charge in [0.05, 0.1) is 49.6 Å². The zero-order chi connectivity index (χ0) is 54.2. The minimum atomic E-state index is -1.89. The Labute approximate surface area is 436 Å². The summed E-state index contributed by atoms with van der Waals surface area (Å²) in [7, 11) is 0. The molecule has 75 heavy (non-hydrogen) atoms.